The minimum absolute atomic E-state index is 0.0293. The van der Waals surface area contributed by atoms with Crippen LogP contribution in [-0.4, -0.2) is 64.3 Å². The first kappa shape index (κ1) is 29.0. The van der Waals surface area contributed by atoms with Gasteiger partial charge in [0.1, 0.15) is 11.5 Å². The highest BCUT2D eigenvalue weighted by atomic mass is 16.5. The normalized spacial score (nSPS) is 17.0. The van der Waals surface area contributed by atoms with Gasteiger partial charge in [0.2, 0.25) is 5.75 Å². The Morgan fingerprint density at radius 1 is 0.778 bits per heavy atom. The summed E-state index contributed by atoms with van der Waals surface area (Å²) in [7, 11) is 8.79. The number of methoxy groups -OCH3 is 4. The minimum Gasteiger partial charge on any atom is -0.507 e. The zero-order valence-electron chi connectivity index (χ0n) is 26.4. The largest absolute Gasteiger partial charge is 0.507 e. The molecule has 1 atom stereocenters. The van der Waals surface area contributed by atoms with E-state index in [1.54, 1.807) is 34.5 Å². The van der Waals surface area contributed by atoms with Crippen molar-refractivity contribution in [2.24, 2.45) is 4.99 Å². The van der Waals surface area contributed by atoms with Gasteiger partial charge in [-0.05, 0) is 91.0 Å². The number of phenols is 1. The highest BCUT2D eigenvalue weighted by Crippen LogP contribution is 2.51. The maximum atomic E-state index is 11.1. The van der Waals surface area contributed by atoms with Crippen LogP contribution in [0.5, 0.6) is 40.2 Å². The third kappa shape index (κ3) is 5.03. The lowest BCUT2D eigenvalue weighted by molar-refractivity contribution is 0.221. The zero-order valence-corrected chi connectivity index (χ0v) is 26.4. The van der Waals surface area contributed by atoms with Gasteiger partial charge in [0.25, 0.3) is 0 Å². The monoisotopic (exact) mass is 606 g/mol. The van der Waals surface area contributed by atoms with Crippen molar-refractivity contribution in [3.05, 3.63) is 88.0 Å². The van der Waals surface area contributed by atoms with Crippen molar-refractivity contribution in [1.82, 2.24) is 4.90 Å². The molecule has 4 aromatic carbocycles. The van der Waals surface area contributed by atoms with Crippen LogP contribution in [0.1, 0.15) is 39.4 Å². The van der Waals surface area contributed by atoms with Crippen molar-refractivity contribution in [2.45, 2.75) is 31.7 Å². The highest BCUT2D eigenvalue weighted by Gasteiger charge is 2.34. The number of phenolic OH excluding ortho intramolecular Hbond substituents is 1. The predicted octanol–water partition coefficient (Wildman–Crippen LogP) is 6.56. The number of rotatable bonds is 4. The van der Waals surface area contributed by atoms with E-state index in [2.05, 4.69) is 48.3 Å². The predicted molar refractivity (Wildman–Crippen MR) is 174 cm³/mol. The molecule has 3 aliphatic rings. The number of likely N-dealkylation sites (N-methyl/N-ethyl adjacent to an activating group) is 1. The van der Waals surface area contributed by atoms with Gasteiger partial charge >= 0.3 is 0 Å². The van der Waals surface area contributed by atoms with Crippen molar-refractivity contribution in [1.29, 1.82) is 0 Å². The van der Waals surface area contributed by atoms with E-state index < -0.39 is 0 Å². The van der Waals surface area contributed by atoms with Crippen molar-refractivity contribution in [3.8, 4) is 51.4 Å². The molecule has 0 fully saturated rings. The fourth-order valence-corrected chi connectivity index (χ4v) is 7.02. The third-order valence-corrected chi connectivity index (χ3v) is 9.36. The molecule has 8 nitrogen and oxygen atoms in total. The van der Waals surface area contributed by atoms with Crippen LogP contribution in [-0.2, 0) is 25.7 Å². The van der Waals surface area contributed by atoms with E-state index in [4.69, 9.17) is 28.7 Å². The zero-order chi connectivity index (χ0) is 31.2. The number of hydrogen-bond acceptors (Lipinski definition) is 8. The molecule has 0 aliphatic carbocycles. The molecule has 0 aromatic heterocycles. The third-order valence-electron chi connectivity index (χ3n) is 9.36. The molecule has 0 saturated heterocycles. The number of fused-ring (bicyclic) bond motifs is 6. The second kappa shape index (κ2) is 11.7. The molecule has 0 amide bonds. The topological polar surface area (TPSA) is 82.0 Å². The van der Waals surface area contributed by atoms with Crippen molar-refractivity contribution >= 4 is 5.71 Å². The van der Waals surface area contributed by atoms with E-state index in [0.29, 0.717) is 53.9 Å². The number of ether oxygens (including phenoxy) is 5. The van der Waals surface area contributed by atoms with Crippen LogP contribution in [0.15, 0.2) is 59.6 Å². The SMILES string of the molecule is COc1cc2c3cc1Oc1c(OC)c(OC)cc4c1C(Cc1ccc(OC)c(c1)-c1cc(ccc1O)CC3=NCC2)N(C)CC4. The number of aliphatic imine (C=N–C) groups is 1. The summed E-state index contributed by atoms with van der Waals surface area (Å²) in [5.74, 6) is 3.96. The summed E-state index contributed by atoms with van der Waals surface area (Å²) in [5, 5.41) is 11.1. The Hall–Kier alpha value is -4.69. The molecule has 6 bridgehead atoms. The maximum absolute atomic E-state index is 11.1. The summed E-state index contributed by atoms with van der Waals surface area (Å²) in [5.41, 5.74) is 9.10. The Balaban J connectivity index is 1.52. The van der Waals surface area contributed by atoms with Gasteiger partial charge in [-0.2, -0.15) is 0 Å². The number of nitrogens with zero attached hydrogens (tertiary/aromatic N) is 2. The molecule has 45 heavy (non-hydrogen) atoms. The smallest absolute Gasteiger partial charge is 0.204 e. The minimum atomic E-state index is -0.0293. The Bertz CT molecular complexity index is 1830. The standard InChI is InChI=1S/C37H38N2O6/c1-39-13-11-24-19-34(43-4)36(44-5)37-35(24)29(39)17-22-7-9-31(41-2)27(15-22)26-14-21(6-8-30(26)40)16-28-25-20-33(45-37)32(42-3)18-23(25)10-12-38-28/h6-9,14-15,18-20,29,40H,10-13,16-17H2,1-5H3. The molecule has 0 saturated carbocycles. The van der Waals surface area contributed by atoms with Crippen molar-refractivity contribution in [2.75, 3.05) is 48.6 Å². The van der Waals surface area contributed by atoms with E-state index in [1.807, 2.05) is 12.1 Å². The molecule has 7 rings (SSSR count). The van der Waals surface area contributed by atoms with E-state index in [9.17, 15) is 5.11 Å². The molecule has 4 aromatic rings. The van der Waals surface area contributed by atoms with Crippen LogP contribution in [0.2, 0.25) is 0 Å². The summed E-state index contributed by atoms with van der Waals surface area (Å²) >= 11 is 0. The van der Waals surface area contributed by atoms with Crippen LogP contribution in [0.3, 0.4) is 0 Å². The first-order valence-electron chi connectivity index (χ1n) is 15.3. The van der Waals surface area contributed by atoms with E-state index in [1.165, 1.54) is 0 Å². The average Bonchev–Trinajstić information content (AvgIpc) is 3.06. The first-order valence-corrected chi connectivity index (χ1v) is 15.3. The van der Waals surface area contributed by atoms with Gasteiger partial charge in [0, 0.05) is 53.5 Å². The number of benzene rings is 4. The Morgan fingerprint density at radius 3 is 2.31 bits per heavy atom. The first-order chi connectivity index (χ1) is 21.9. The molecular formula is C37H38N2O6. The van der Waals surface area contributed by atoms with E-state index >= 15 is 0 Å². The Kier molecular flexibility index (Phi) is 7.53. The van der Waals surface area contributed by atoms with Crippen LogP contribution >= 0.6 is 0 Å². The number of hydrogen-bond donors (Lipinski definition) is 1. The van der Waals surface area contributed by atoms with Crippen LogP contribution in [0.4, 0.5) is 0 Å². The van der Waals surface area contributed by atoms with Gasteiger partial charge in [-0.15, -0.1) is 0 Å². The van der Waals surface area contributed by atoms with Gasteiger partial charge in [-0.1, -0.05) is 12.1 Å². The summed E-state index contributed by atoms with van der Waals surface area (Å²) in [6, 6.07) is 18.2. The van der Waals surface area contributed by atoms with Crippen molar-refractivity contribution in [3.63, 3.8) is 0 Å². The molecule has 3 heterocycles. The lowest BCUT2D eigenvalue weighted by Gasteiger charge is -2.37. The lowest BCUT2D eigenvalue weighted by Crippen LogP contribution is -2.34. The molecule has 0 spiro atoms. The highest BCUT2D eigenvalue weighted by molar-refractivity contribution is 6.04. The number of aromatic hydroxyl groups is 1. The second-order valence-electron chi connectivity index (χ2n) is 11.9. The van der Waals surface area contributed by atoms with Gasteiger partial charge in [-0.25, -0.2) is 0 Å². The molecule has 1 N–H and O–H groups in total. The van der Waals surface area contributed by atoms with Crippen LogP contribution in [0, 0.1) is 0 Å². The van der Waals surface area contributed by atoms with Gasteiger partial charge in [-0.3, -0.25) is 9.89 Å². The van der Waals surface area contributed by atoms with Crippen LogP contribution < -0.4 is 23.7 Å². The van der Waals surface area contributed by atoms with Crippen LogP contribution in [0.25, 0.3) is 11.1 Å². The van der Waals surface area contributed by atoms with E-state index in [-0.39, 0.29) is 11.8 Å². The Morgan fingerprint density at radius 2 is 1.53 bits per heavy atom. The quantitative estimate of drug-likeness (QED) is 0.282. The second-order valence-corrected chi connectivity index (χ2v) is 11.9. The molecule has 0 radical (unpaired) electrons. The van der Waals surface area contributed by atoms with Gasteiger partial charge in [0.05, 0.1) is 28.4 Å². The summed E-state index contributed by atoms with van der Waals surface area (Å²) in [4.78, 5) is 7.33. The van der Waals surface area contributed by atoms with Gasteiger partial charge < -0.3 is 28.8 Å². The molecule has 1 unspecified atom stereocenters. The summed E-state index contributed by atoms with van der Waals surface area (Å²) in [6.07, 6.45) is 2.94. The fraction of sp³-hybridized carbons (Fsp3) is 0.324. The van der Waals surface area contributed by atoms with Crippen molar-refractivity contribution < 1.29 is 28.8 Å². The molecule has 8 heteroatoms. The maximum Gasteiger partial charge on any atom is 0.204 e. The lowest BCUT2D eigenvalue weighted by atomic mass is 9.86. The molecule has 232 valence electrons. The molecular weight excluding hydrogens is 568 g/mol. The Labute approximate surface area is 263 Å². The van der Waals surface area contributed by atoms with Gasteiger partial charge in [0.15, 0.2) is 23.0 Å². The summed E-state index contributed by atoms with van der Waals surface area (Å²) in [6.45, 7) is 1.57. The average molecular weight is 607 g/mol. The summed E-state index contributed by atoms with van der Waals surface area (Å²) < 4.78 is 30.5. The fourth-order valence-electron chi connectivity index (χ4n) is 7.02. The van der Waals surface area contributed by atoms with E-state index in [0.717, 1.165) is 69.6 Å². The molecule has 3 aliphatic heterocycles.